The molecular weight excluding hydrogens is 346 g/mol. The number of aliphatic carboxylic acids is 1. The van der Waals surface area contributed by atoms with Crippen LogP contribution in [0.5, 0.6) is 5.75 Å². The molecule has 0 bridgehead atoms. The second-order valence-electron chi connectivity index (χ2n) is 2.73. The number of oxime groups is 1. The number of carbonyl (C=O) groups is 1. The molecule has 1 rings (SSSR count). The molecule has 2 N–H and O–H groups in total. The van der Waals surface area contributed by atoms with Gasteiger partial charge < -0.3 is 15.1 Å². The summed E-state index contributed by atoms with van der Waals surface area (Å²) in [5.41, 5.74) is 0.409. The van der Waals surface area contributed by atoms with E-state index in [1.807, 2.05) is 0 Å². The van der Waals surface area contributed by atoms with Crippen LogP contribution in [0.15, 0.2) is 26.2 Å². The van der Waals surface area contributed by atoms with E-state index in [2.05, 4.69) is 41.9 Å². The van der Waals surface area contributed by atoms with Crippen molar-refractivity contribution in [2.75, 3.05) is 6.61 Å². The van der Waals surface area contributed by atoms with Crippen LogP contribution >= 0.6 is 31.9 Å². The van der Waals surface area contributed by atoms with E-state index < -0.39 is 12.6 Å². The number of carboxylic acid groups (broad SMARTS) is 1. The molecule has 7 heteroatoms. The zero-order valence-electron chi connectivity index (χ0n) is 7.85. The normalized spacial score (nSPS) is 10.6. The number of hydrogen-bond acceptors (Lipinski definition) is 4. The predicted octanol–water partition coefficient (Wildman–Crippen LogP) is 2.35. The van der Waals surface area contributed by atoms with Gasteiger partial charge in [-0.05, 0) is 28.1 Å². The maximum absolute atomic E-state index is 10.1. The third-order valence-electron chi connectivity index (χ3n) is 1.51. The van der Waals surface area contributed by atoms with Crippen LogP contribution in [0.25, 0.3) is 0 Å². The molecule has 0 fully saturated rings. The van der Waals surface area contributed by atoms with Crippen molar-refractivity contribution >= 4 is 44.0 Å². The van der Waals surface area contributed by atoms with Crippen molar-refractivity contribution in [3.8, 4) is 5.75 Å². The first-order valence-electron chi connectivity index (χ1n) is 4.06. The first-order valence-corrected chi connectivity index (χ1v) is 5.64. The average Bonchev–Trinajstić information content (AvgIpc) is 2.19. The molecule has 0 aromatic heterocycles. The Hall–Kier alpha value is -1.08. The van der Waals surface area contributed by atoms with E-state index in [-0.39, 0.29) is 5.75 Å². The molecule has 0 radical (unpaired) electrons. The molecule has 1 aromatic carbocycles. The van der Waals surface area contributed by atoms with Gasteiger partial charge in [0.25, 0.3) is 0 Å². The highest BCUT2D eigenvalue weighted by molar-refractivity contribution is 9.11. The van der Waals surface area contributed by atoms with Crippen LogP contribution in [-0.2, 0) is 9.63 Å². The molecule has 0 saturated carbocycles. The second-order valence-corrected chi connectivity index (χ2v) is 4.50. The summed E-state index contributed by atoms with van der Waals surface area (Å²) in [7, 11) is 0. The number of aromatic hydroxyl groups is 1. The number of rotatable bonds is 4. The Morgan fingerprint density at radius 3 is 2.81 bits per heavy atom. The van der Waals surface area contributed by atoms with Crippen LogP contribution in [0, 0.1) is 0 Å². The topological polar surface area (TPSA) is 79.1 Å². The van der Waals surface area contributed by atoms with Crippen molar-refractivity contribution in [3.63, 3.8) is 0 Å². The van der Waals surface area contributed by atoms with Crippen LogP contribution < -0.4 is 0 Å². The fourth-order valence-corrected chi connectivity index (χ4v) is 2.13. The summed E-state index contributed by atoms with van der Waals surface area (Å²) in [6, 6.07) is 3.29. The summed E-state index contributed by atoms with van der Waals surface area (Å²) >= 11 is 6.39. The first kappa shape index (κ1) is 13.0. The van der Waals surface area contributed by atoms with Gasteiger partial charge in [-0.2, -0.15) is 0 Å². The van der Waals surface area contributed by atoms with Crippen LogP contribution in [0.1, 0.15) is 5.56 Å². The van der Waals surface area contributed by atoms with E-state index in [1.165, 1.54) is 6.21 Å². The largest absolute Gasteiger partial charge is 0.506 e. The minimum atomic E-state index is -1.11. The molecule has 0 aliphatic carbocycles. The van der Waals surface area contributed by atoms with Crippen molar-refractivity contribution < 1.29 is 19.8 Å². The van der Waals surface area contributed by atoms with Gasteiger partial charge >= 0.3 is 5.97 Å². The fraction of sp³-hybridized carbons (Fsp3) is 0.111. The van der Waals surface area contributed by atoms with E-state index in [0.29, 0.717) is 10.0 Å². The van der Waals surface area contributed by atoms with Crippen molar-refractivity contribution in [2.24, 2.45) is 5.16 Å². The number of nitrogens with zero attached hydrogens (tertiary/aromatic N) is 1. The average molecular weight is 353 g/mol. The Bertz CT molecular complexity index is 434. The Morgan fingerprint density at radius 1 is 1.50 bits per heavy atom. The minimum Gasteiger partial charge on any atom is -0.506 e. The summed E-state index contributed by atoms with van der Waals surface area (Å²) in [5.74, 6) is -1.11. The zero-order chi connectivity index (χ0) is 12.1. The van der Waals surface area contributed by atoms with Gasteiger partial charge in [0.05, 0.1) is 10.7 Å². The lowest BCUT2D eigenvalue weighted by Gasteiger charge is -2.02. The second kappa shape index (κ2) is 5.86. The van der Waals surface area contributed by atoms with E-state index in [4.69, 9.17) is 5.11 Å². The summed E-state index contributed by atoms with van der Waals surface area (Å²) in [4.78, 5) is 14.6. The maximum Gasteiger partial charge on any atom is 0.344 e. The number of phenols is 1. The third-order valence-corrected chi connectivity index (χ3v) is 2.57. The van der Waals surface area contributed by atoms with E-state index in [9.17, 15) is 9.90 Å². The molecule has 0 unspecified atom stereocenters. The fourth-order valence-electron chi connectivity index (χ4n) is 0.871. The minimum absolute atomic E-state index is 0.00544. The Kier molecular flexibility index (Phi) is 4.75. The number of benzene rings is 1. The number of carboxylic acids is 1. The molecule has 1 aromatic rings. The molecular formula is C9H7Br2NO4. The predicted molar refractivity (Wildman–Crippen MR) is 64.7 cm³/mol. The standard InChI is InChI=1S/C9H7Br2NO4/c10-6-1-5(9(15)7(11)2-6)3-12-16-4-8(13)14/h1-3,15H,4H2,(H,13,14)/b12-3+. The van der Waals surface area contributed by atoms with Crippen molar-refractivity contribution in [3.05, 3.63) is 26.6 Å². The first-order chi connectivity index (χ1) is 7.50. The molecule has 0 saturated heterocycles. The van der Waals surface area contributed by atoms with Crippen molar-refractivity contribution in [1.29, 1.82) is 0 Å². The van der Waals surface area contributed by atoms with E-state index in [0.717, 1.165) is 4.47 Å². The summed E-state index contributed by atoms with van der Waals surface area (Å²) in [6.07, 6.45) is 1.23. The molecule has 86 valence electrons. The monoisotopic (exact) mass is 351 g/mol. The van der Waals surface area contributed by atoms with Crippen LogP contribution in [0.3, 0.4) is 0 Å². The van der Waals surface area contributed by atoms with Gasteiger partial charge in [0.2, 0.25) is 6.61 Å². The van der Waals surface area contributed by atoms with Crippen LogP contribution in [0.2, 0.25) is 0 Å². The highest BCUT2D eigenvalue weighted by Gasteiger charge is 2.05. The van der Waals surface area contributed by atoms with E-state index in [1.54, 1.807) is 12.1 Å². The molecule has 5 nitrogen and oxygen atoms in total. The SMILES string of the molecule is O=C(O)CO/N=C/c1cc(Br)cc(Br)c1O. The van der Waals surface area contributed by atoms with Gasteiger partial charge in [0, 0.05) is 10.0 Å². The van der Waals surface area contributed by atoms with Gasteiger partial charge in [0.1, 0.15) is 5.75 Å². The molecule has 0 aliphatic rings. The molecule has 0 aliphatic heterocycles. The molecule has 0 amide bonds. The summed E-state index contributed by atoms with van der Waals surface area (Å²) in [6.45, 7) is -0.521. The summed E-state index contributed by atoms with van der Waals surface area (Å²) in [5, 5.41) is 21.3. The van der Waals surface area contributed by atoms with Gasteiger partial charge in [-0.3, -0.25) is 0 Å². The number of hydrogen-bond donors (Lipinski definition) is 2. The number of halogens is 2. The van der Waals surface area contributed by atoms with Crippen LogP contribution in [-0.4, -0.2) is 29.0 Å². The highest BCUT2D eigenvalue weighted by atomic mass is 79.9. The molecule has 0 atom stereocenters. The highest BCUT2D eigenvalue weighted by Crippen LogP contribution is 2.30. The van der Waals surface area contributed by atoms with Crippen molar-refractivity contribution in [1.82, 2.24) is 0 Å². The Labute approximate surface area is 108 Å². The van der Waals surface area contributed by atoms with Gasteiger partial charge in [0.15, 0.2) is 0 Å². The van der Waals surface area contributed by atoms with Crippen molar-refractivity contribution in [2.45, 2.75) is 0 Å². The maximum atomic E-state index is 10.1. The van der Waals surface area contributed by atoms with Crippen LogP contribution in [0.4, 0.5) is 0 Å². The molecule has 0 heterocycles. The molecule has 0 spiro atoms. The summed E-state index contributed by atoms with van der Waals surface area (Å²) < 4.78 is 1.25. The third kappa shape index (κ3) is 3.82. The van der Waals surface area contributed by atoms with Gasteiger partial charge in [-0.1, -0.05) is 21.1 Å². The van der Waals surface area contributed by atoms with Gasteiger partial charge in [-0.25, -0.2) is 4.79 Å². The Morgan fingerprint density at radius 2 is 2.19 bits per heavy atom. The lowest BCUT2D eigenvalue weighted by molar-refractivity contribution is -0.142. The molecule has 16 heavy (non-hydrogen) atoms. The lowest BCUT2D eigenvalue weighted by atomic mass is 10.2. The smallest absolute Gasteiger partial charge is 0.344 e. The zero-order valence-corrected chi connectivity index (χ0v) is 11.0. The quantitative estimate of drug-likeness (QED) is 0.644. The lowest BCUT2D eigenvalue weighted by Crippen LogP contribution is -2.03. The van der Waals surface area contributed by atoms with E-state index >= 15 is 0 Å². The Balaban J connectivity index is 2.77. The number of phenolic OH excluding ortho intramolecular Hbond substituents is 1. The van der Waals surface area contributed by atoms with Gasteiger partial charge in [-0.15, -0.1) is 0 Å².